The van der Waals surface area contributed by atoms with Crippen molar-refractivity contribution in [3.63, 3.8) is 0 Å². The van der Waals surface area contributed by atoms with Crippen LogP contribution in [0.2, 0.25) is 5.02 Å². The van der Waals surface area contributed by atoms with Gasteiger partial charge in [-0.25, -0.2) is 13.8 Å². The molecule has 2 aromatic heterocycles. The first-order chi connectivity index (χ1) is 14.9. The van der Waals surface area contributed by atoms with Gasteiger partial charge in [0, 0.05) is 17.7 Å². The van der Waals surface area contributed by atoms with E-state index in [-0.39, 0.29) is 43.7 Å². The van der Waals surface area contributed by atoms with Crippen LogP contribution in [0.1, 0.15) is 11.3 Å². The zero-order chi connectivity index (χ0) is 21.7. The lowest BCUT2D eigenvalue weighted by atomic mass is 10.1. The highest BCUT2D eigenvalue weighted by Gasteiger charge is 2.48. The zero-order valence-electron chi connectivity index (χ0n) is 16.0. The molecule has 0 unspecified atom stereocenters. The highest BCUT2D eigenvalue weighted by atomic mass is 35.5. The average molecular weight is 454 g/mol. The van der Waals surface area contributed by atoms with Gasteiger partial charge in [-0.1, -0.05) is 11.6 Å². The van der Waals surface area contributed by atoms with E-state index in [1.165, 1.54) is 0 Å². The topological polar surface area (TPSA) is 110 Å². The van der Waals surface area contributed by atoms with Crippen LogP contribution in [0.15, 0.2) is 18.2 Å². The third-order valence-corrected chi connectivity index (χ3v) is 5.79. The first kappa shape index (κ1) is 20.4. The van der Waals surface area contributed by atoms with Crippen molar-refractivity contribution in [1.29, 1.82) is 0 Å². The number of ether oxygens (including phenoxy) is 3. The van der Waals surface area contributed by atoms with Crippen molar-refractivity contribution in [1.82, 2.24) is 15.0 Å². The number of rotatable bonds is 5. The fourth-order valence-electron chi connectivity index (χ4n) is 3.92. The van der Waals surface area contributed by atoms with E-state index in [1.54, 1.807) is 6.07 Å². The summed E-state index contributed by atoms with van der Waals surface area (Å²) in [4.78, 5) is 11.7. The minimum absolute atomic E-state index is 0.00605. The lowest BCUT2D eigenvalue weighted by Crippen LogP contribution is -2.34. The van der Waals surface area contributed by atoms with Crippen LogP contribution in [0, 0.1) is 11.6 Å². The van der Waals surface area contributed by atoms with Gasteiger partial charge in [0.25, 0.3) is 6.01 Å². The molecule has 164 valence electrons. The fourth-order valence-corrected chi connectivity index (χ4v) is 4.17. The number of imidazole rings is 1. The Balaban J connectivity index is 1.33. The first-order valence-electron chi connectivity index (χ1n) is 9.69. The Labute approximate surface area is 179 Å². The number of hydrogen-bond acceptors (Lipinski definition) is 7. The van der Waals surface area contributed by atoms with Gasteiger partial charge in [0.1, 0.15) is 35.7 Å². The number of pyridine rings is 1. The number of aryl methyl sites for hydroxylation is 1. The molecule has 4 heterocycles. The number of nitrogens with zero attached hydrogens (tertiary/aromatic N) is 2. The molecule has 2 aliphatic rings. The van der Waals surface area contributed by atoms with Gasteiger partial charge >= 0.3 is 0 Å². The van der Waals surface area contributed by atoms with E-state index in [0.717, 1.165) is 12.1 Å². The average Bonchev–Trinajstić information content (AvgIpc) is 3.38. The molecular formula is C20H18ClF2N3O5. The fraction of sp³-hybridized carbons (Fsp3) is 0.400. The number of nitrogens with one attached hydrogen (secondary N) is 1. The lowest BCUT2D eigenvalue weighted by Gasteiger charge is -2.15. The molecule has 4 atom stereocenters. The van der Waals surface area contributed by atoms with Gasteiger partial charge in [0.15, 0.2) is 11.8 Å². The molecule has 5 rings (SSSR count). The molecule has 3 N–H and O–H groups in total. The van der Waals surface area contributed by atoms with E-state index >= 15 is 0 Å². The number of aliphatic hydroxyl groups is 1. The summed E-state index contributed by atoms with van der Waals surface area (Å²) in [5.41, 5.74) is 1.14. The van der Waals surface area contributed by atoms with Crippen LogP contribution in [0.5, 0.6) is 11.8 Å². The van der Waals surface area contributed by atoms with Gasteiger partial charge in [-0.15, -0.1) is 0 Å². The smallest absolute Gasteiger partial charge is 0.296 e. The number of aromatic nitrogens is 3. The standard InChI is InChI=1S/C20H18ClF2N3O5/c21-10-5-14-19(24-13(10)2-1-9-11(22)3-8(27)4-12(9)23)26-20(25-14)31-16-7-30-17-15(28)6-29-18(16)17/h3-5,15-18,27-28H,1-2,6-7H2,(H,24,25,26)/t15-,16-,17-,18-/m1/s1. The van der Waals surface area contributed by atoms with E-state index in [0.29, 0.717) is 21.9 Å². The van der Waals surface area contributed by atoms with Crippen molar-refractivity contribution < 1.29 is 33.2 Å². The summed E-state index contributed by atoms with van der Waals surface area (Å²) in [6, 6.07) is 3.54. The second-order valence-electron chi connectivity index (χ2n) is 7.54. The molecule has 11 heteroatoms. The maximum absolute atomic E-state index is 14.0. The molecule has 0 spiro atoms. The van der Waals surface area contributed by atoms with Crippen LogP contribution in [0.4, 0.5) is 8.78 Å². The maximum atomic E-state index is 14.0. The molecule has 2 aliphatic heterocycles. The number of fused-ring (bicyclic) bond motifs is 2. The SMILES string of the molecule is Oc1cc(F)c(CCc2nc3nc(O[C@@H]4CO[C@H]5[C@@H]4OC[C@H]5O)[nH]c3cc2Cl)c(F)c1. The molecule has 31 heavy (non-hydrogen) atoms. The summed E-state index contributed by atoms with van der Waals surface area (Å²) in [6.07, 6.45) is -1.74. The van der Waals surface area contributed by atoms with E-state index in [2.05, 4.69) is 15.0 Å². The van der Waals surface area contributed by atoms with Crippen molar-refractivity contribution in [2.75, 3.05) is 13.2 Å². The molecule has 3 aromatic rings. The van der Waals surface area contributed by atoms with Gasteiger partial charge in [0.05, 0.1) is 29.4 Å². The van der Waals surface area contributed by atoms with Gasteiger partial charge in [0.2, 0.25) is 0 Å². The number of aromatic amines is 1. The number of halogens is 3. The van der Waals surface area contributed by atoms with Crippen LogP contribution < -0.4 is 4.74 Å². The molecule has 0 bridgehead atoms. The Morgan fingerprint density at radius 2 is 1.84 bits per heavy atom. The van der Waals surface area contributed by atoms with Crippen LogP contribution in [0.25, 0.3) is 11.2 Å². The number of benzene rings is 1. The molecule has 2 fully saturated rings. The third kappa shape index (κ3) is 3.80. The van der Waals surface area contributed by atoms with Crippen LogP contribution in [-0.2, 0) is 22.3 Å². The predicted octanol–water partition coefficient (Wildman–Crippen LogP) is 2.29. The lowest BCUT2D eigenvalue weighted by molar-refractivity contribution is 0.00706. The molecular weight excluding hydrogens is 436 g/mol. The van der Waals surface area contributed by atoms with Crippen molar-refractivity contribution in [2.45, 2.75) is 37.3 Å². The van der Waals surface area contributed by atoms with E-state index < -0.39 is 35.7 Å². The maximum Gasteiger partial charge on any atom is 0.296 e. The van der Waals surface area contributed by atoms with E-state index in [1.807, 2.05) is 0 Å². The van der Waals surface area contributed by atoms with Crippen LogP contribution in [-0.4, -0.2) is 62.8 Å². The summed E-state index contributed by atoms with van der Waals surface area (Å²) in [6.45, 7) is 0.449. The zero-order valence-corrected chi connectivity index (χ0v) is 16.8. The summed E-state index contributed by atoms with van der Waals surface area (Å²) < 4.78 is 44.8. The third-order valence-electron chi connectivity index (χ3n) is 5.46. The quantitative estimate of drug-likeness (QED) is 0.543. The molecule has 1 aromatic carbocycles. The monoisotopic (exact) mass is 453 g/mol. The Hall–Kier alpha value is -2.53. The second kappa shape index (κ2) is 7.86. The molecule has 0 saturated carbocycles. The van der Waals surface area contributed by atoms with E-state index in [9.17, 15) is 19.0 Å². The summed E-state index contributed by atoms with van der Waals surface area (Å²) >= 11 is 6.30. The minimum Gasteiger partial charge on any atom is -0.508 e. The highest BCUT2D eigenvalue weighted by Crippen LogP contribution is 2.30. The number of aliphatic hydroxyl groups excluding tert-OH is 1. The largest absolute Gasteiger partial charge is 0.508 e. The van der Waals surface area contributed by atoms with Crippen LogP contribution >= 0.6 is 11.6 Å². The second-order valence-corrected chi connectivity index (χ2v) is 7.94. The Morgan fingerprint density at radius 1 is 1.10 bits per heavy atom. The highest BCUT2D eigenvalue weighted by molar-refractivity contribution is 6.31. The first-order valence-corrected chi connectivity index (χ1v) is 10.1. The van der Waals surface area contributed by atoms with Gasteiger partial charge in [-0.05, 0) is 18.9 Å². The Morgan fingerprint density at radius 3 is 2.61 bits per heavy atom. The molecule has 0 aliphatic carbocycles. The summed E-state index contributed by atoms with van der Waals surface area (Å²) in [5.74, 6) is -2.14. The summed E-state index contributed by atoms with van der Waals surface area (Å²) in [5, 5.41) is 19.4. The Bertz CT molecular complexity index is 1120. The van der Waals surface area contributed by atoms with Crippen molar-refractivity contribution in [3.8, 4) is 11.8 Å². The molecule has 0 amide bonds. The van der Waals surface area contributed by atoms with Crippen molar-refractivity contribution in [3.05, 3.63) is 46.1 Å². The molecule has 8 nitrogen and oxygen atoms in total. The van der Waals surface area contributed by atoms with Crippen molar-refractivity contribution >= 4 is 22.8 Å². The summed E-state index contributed by atoms with van der Waals surface area (Å²) in [7, 11) is 0. The minimum atomic E-state index is -0.832. The predicted molar refractivity (Wildman–Crippen MR) is 104 cm³/mol. The molecule has 2 saturated heterocycles. The van der Waals surface area contributed by atoms with E-state index in [4.69, 9.17) is 25.8 Å². The molecule has 0 radical (unpaired) electrons. The normalized spacial score (nSPS) is 25.3. The number of H-pyrrole nitrogens is 1. The van der Waals surface area contributed by atoms with Crippen molar-refractivity contribution in [2.24, 2.45) is 0 Å². The number of aromatic hydroxyl groups is 1. The Kier molecular flexibility index (Phi) is 5.17. The van der Waals surface area contributed by atoms with Gasteiger partial charge < -0.3 is 29.4 Å². The number of phenols is 1. The number of phenolic OH excluding ortho intramolecular Hbond substituents is 1. The van der Waals surface area contributed by atoms with Crippen LogP contribution in [0.3, 0.4) is 0 Å². The van der Waals surface area contributed by atoms with Gasteiger partial charge in [-0.2, -0.15) is 4.98 Å². The number of hydrogen-bond donors (Lipinski definition) is 3. The van der Waals surface area contributed by atoms with Gasteiger partial charge in [-0.3, -0.25) is 0 Å².